The van der Waals surface area contributed by atoms with Crippen LogP contribution in [-0.2, 0) is 6.54 Å². The highest BCUT2D eigenvalue weighted by Crippen LogP contribution is 2.18. The Labute approximate surface area is 149 Å². The zero-order chi connectivity index (χ0) is 18.5. The van der Waals surface area contributed by atoms with E-state index in [0.717, 1.165) is 0 Å². The fourth-order valence-corrected chi connectivity index (χ4v) is 2.36. The molecule has 0 spiro atoms. The Hall–Kier alpha value is -3.35. The summed E-state index contributed by atoms with van der Waals surface area (Å²) in [6.07, 6.45) is 0. The molecule has 0 saturated heterocycles. The Morgan fingerprint density at radius 3 is 2.42 bits per heavy atom. The van der Waals surface area contributed by atoms with Gasteiger partial charge in [-0.3, -0.25) is 4.79 Å². The molecular weight excluding hydrogens is 338 g/mol. The average molecular weight is 354 g/mol. The SMILES string of the molecule is Cc1nc(Nc2ccccc2F)cc(C(=O)NCc2ccccc2F)n1. The van der Waals surface area contributed by atoms with E-state index in [2.05, 4.69) is 20.6 Å². The molecule has 5 nitrogen and oxygen atoms in total. The van der Waals surface area contributed by atoms with Crippen LogP contribution in [0.15, 0.2) is 54.6 Å². The normalized spacial score (nSPS) is 10.4. The number of aromatic nitrogens is 2. The van der Waals surface area contributed by atoms with Crippen LogP contribution in [-0.4, -0.2) is 15.9 Å². The van der Waals surface area contributed by atoms with Crippen molar-refractivity contribution in [3.8, 4) is 0 Å². The molecule has 3 rings (SSSR count). The summed E-state index contributed by atoms with van der Waals surface area (Å²) in [4.78, 5) is 20.6. The van der Waals surface area contributed by atoms with Gasteiger partial charge in [0.1, 0.15) is 29.0 Å². The van der Waals surface area contributed by atoms with Crippen LogP contribution in [0.4, 0.5) is 20.3 Å². The van der Waals surface area contributed by atoms with Crippen molar-refractivity contribution in [2.45, 2.75) is 13.5 Å². The molecule has 0 unspecified atom stereocenters. The highest BCUT2D eigenvalue weighted by atomic mass is 19.1. The van der Waals surface area contributed by atoms with Crippen LogP contribution in [0, 0.1) is 18.6 Å². The second-order valence-electron chi connectivity index (χ2n) is 5.56. The fourth-order valence-electron chi connectivity index (χ4n) is 2.36. The number of halogens is 2. The molecule has 2 aromatic carbocycles. The molecule has 0 aliphatic heterocycles. The smallest absolute Gasteiger partial charge is 0.270 e. The Bertz CT molecular complexity index is 946. The van der Waals surface area contributed by atoms with E-state index >= 15 is 0 Å². The first-order valence-corrected chi connectivity index (χ1v) is 7.92. The van der Waals surface area contributed by atoms with Gasteiger partial charge in [0.25, 0.3) is 5.91 Å². The fraction of sp³-hybridized carbons (Fsp3) is 0.105. The minimum atomic E-state index is -0.477. The van der Waals surface area contributed by atoms with Gasteiger partial charge in [-0.2, -0.15) is 0 Å². The zero-order valence-corrected chi connectivity index (χ0v) is 14.0. The number of benzene rings is 2. The maximum absolute atomic E-state index is 13.8. The van der Waals surface area contributed by atoms with Crippen molar-refractivity contribution in [3.63, 3.8) is 0 Å². The first-order chi connectivity index (χ1) is 12.5. The van der Waals surface area contributed by atoms with Crippen molar-refractivity contribution >= 4 is 17.4 Å². The molecule has 0 aliphatic carbocycles. The highest BCUT2D eigenvalue weighted by Gasteiger charge is 2.12. The number of aryl methyl sites for hydroxylation is 1. The van der Waals surface area contributed by atoms with E-state index < -0.39 is 17.5 Å². The van der Waals surface area contributed by atoms with Crippen molar-refractivity contribution in [1.29, 1.82) is 0 Å². The number of para-hydroxylation sites is 1. The molecule has 2 N–H and O–H groups in total. The van der Waals surface area contributed by atoms with E-state index in [0.29, 0.717) is 17.2 Å². The van der Waals surface area contributed by atoms with Gasteiger partial charge in [-0.25, -0.2) is 18.7 Å². The van der Waals surface area contributed by atoms with Crippen molar-refractivity contribution in [1.82, 2.24) is 15.3 Å². The van der Waals surface area contributed by atoms with E-state index in [1.807, 2.05) is 0 Å². The van der Waals surface area contributed by atoms with Crippen LogP contribution in [0.25, 0.3) is 0 Å². The van der Waals surface area contributed by atoms with Gasteiger partial charge in [0.2, 0.25) is 0 Å². The first kappa shape index (κ1) is 17.5. The van der Waals surface area contributed by atoms with Crippen LogP contribution in [0.5, 0.6) is 0 Å². The summed E-state index contributed by atoms with van der Waals surface area (Å²) in [5.41, 5.74) is 0.715. The molecule has 7 heteroatoms. The minimum absolute atomic E-state index is 0.0324. The van der Waals surface area contributed by atoms with Crippen LogP contribution in [0.1, 0.15) is 21.9 Å². The zero-order valence-electron chi connectivity index (χ0n) is 14.0. The standard InChI is InChI=1S/C19H16F2N4O/c1-12-23-17(19(26)22-11-13-6-2-3-7-14(13)20)10-18(24-12)25-16-9-5-4-8-15(16)21/h2-10H,11H2,1H3,(H,22,26)(H,23,24,25). The van der Waals surface area contributed by atoms with Gasteiger partial charge in [-0.05, 0) is 25.1 Å². The lowest BCUT2D eigenvalue weighted by Gasteiger charge is -2.10. The summed E-state index contributed by atoms with van der Waals surface area (Å²) >= 11 is 0. The van der Waals surface area contributed by atoms with Gasteiger partial charge in [-0.1, -0.05) is 30.3 Å². The third kappa shape index (κ3) is 4.18. The Balaban J connectivity index is 1.75. The topological polar surface area (TPSA) is 66.9 Å². The molecule has 1 amide bonds. The van der Waals surface area contributed by atoms with Gasteiger partial charge in [-0.15, -0.1) is 0 Å². The van der Waals surface area contributed by atoms with Gasteiger partial charge < -0.3 is 10.6 Å². The number of hydrogen-bond donors (Lipinski definition) is 2. The number of carbonyl (C=O) groups excluding carboxylic acids is 1. The summed E-state index contributed by atoms with van der Waals surface area (Å²) in [6, 6.07) is 13.7. The molecule has 26 heavy (non-hydrogen) atoms. The van der Waals surface area contributed by atoms with Crippen molar-refractivity contribution in [3.05, 3.63) is 83.3 Å². The predicted octanol–water partition coefficient (Wildman–Crippen LogP) is 3.74. The Morgan fingerprint density at radius 2 is 1.69 bits per heavy atom. The summed E-state index contributed by atoms with van der Waals surface area (Å²) < 4.78 is 27.4. The van der Waals surface area contributed by atoms with Crippen LogP contribution >= 0.6 is 0 Å². The summed E-state index contributed by atoms with van der Waals surface area (Å²) in [7, 11) is 0. The monoisotopic (exact) mass is 354 g/mol. The first-order valence-electron chi connectivity index (χ1n) is 7.92. The summed E-state index contributed by atoms with van der Waals surface area (Å²) in [5.74, 6) is -0.667. The number of anilines is 2. The average Bonchev–Trinajstić information content (AvgIpc) is 2.62. The predicted molar refractivity (Wildman–Crippen MR) is 94.0 cm³/mol. The van der Waals surface area contributed by atoms with Crippen LogP contribution in [0.2, 0.25) is 0 Å². The largest absolute Gasteiger partial charge is 0.347 e. The van der Waals surface area contributed by atoms with Crippen LogP contribution < -0.4 is 10.6 Å². The molecule has 0 atom stereocenters. The lowest BCUT2D eigenvalue weighted by Crippen LogP contribution is -2.25. The van der Waals surface area contributed by atoms with Gasteiger partial charge >= 0.3 is 0 Å². The quantitative estimate of drug-likeness (QED) is 0.733. The maximum Gasteiger partial charge on any atom is 0.270 e. The molecule has 0 fully saturated rings. The molecule has 132 valence electrons. The van der Waals surface area contributed by atoms with Crippen molar-refractivity contribution in [2.24, 2.45) is 0 Å². The third-order valence-electron chi connectivity index (χ3n) is 3.60. The molecule has 1 aromatic heterocycles. The minimum Gasteiger partial charge on any atom is -0.347 e. The van der Waals surface area contributed by atoms with E-state index in [-0.39, 0.29) is 17.9 Å². The lowest BCUT2D eigenvalue weighted by atomic mass is 10.2. The second kappa shape index (κ2) is 7.69. The van der Waals surface area contributed by atoms with Gasteiger partial charge in [0, 0.05) is 18.2 Å². The molecule has 0 radical (unpaired) electrons. The van der Waals surface area contributed by atoms with E-state index in [9.17, 15) is 13.6 Å². The van der Waals surface area contributed by atoms with Crippen molar-refractivity contribution < 1.29 is 13.6 Å². The molecular formula is C19H16F2N4O. The maximum atomic E-state index is 13.8. The molecule has 0 aliphatic rings. The van der Waals surface area contributed by atoms with E-state index in [1.165, 1.54) is 18.2 Å². The third-order valence-corrected chi connectivity index (χ3v) is 3.60. The van der Waals surface area contributed by atoms with E-state index in [1.54, 1.807) is 43.3 Å². The summed E-state index contributed by atoms with van der Waals surface area (Å²) in [5, 5.41) is 5.44. The molecule has 3 aromatic rings. The number of rotatable bonds is 5. The van der Waals surface area contributed by atoms with Gasteiger partial charge in [0.05, 0.1) is 5.69 Å². The summed E-state index contributed by atoms with van der Waals surface area (Å²) in [6.45, 7) is 1.66. The lowest BCUT2D eigenvalue weighted by molar-refractivity contribution is 0.0945. The van der Waals surface area contributed by atoms with E-state index in [4.69, 9.17) is 0 Å². The second-order valence-corrected chi connectivity index (χ2v) is 5.56. The van der Waals surface area contributed by atoms with Gasteiger partial charge in [0.15, 0.2) is 0 Å². The number of nitrogens with one attached hydrogen (secondary N) is 2. The molecule has 1 heterocycles. The number of hydrogen-bond acceptors (Lipinski definition) is 4. The Morgan fingerprint density at radius 1 is 1.00 bits per heavy atom. The highest BCUT2D eigenvalue weighted by molar-refractivity contribution is 5.93. The number of carbonyl (C=O) groups is 1. The Kier molecular flexibility index (Phi) is 5.17. The number of amides is 1. The molecule has 0 bridgehead atoms. The van der Waals surface area contributed by atoms with Crippen LogP contribution in [0.3, 0.4) is 0 Å². The number of nitrogens with zero attached hydrogens (tertiary/aromatic N) is 2. The van der Waals surface area contributed by atoms with Crippen molar-refractivity contribution in [2.75, 3.05) is 5.32 Å². The molecule has 0 saturated carbocycles.